The van der Waals surface area contributed by atoms with Gasteiger partial charge in [-0.2, -0.15) is 0 Å². The smallest absolute Gasteiger partial charge is 0.163 e. The van der Waals surface area contributed by atoms with Crippen molar-refractivity contribution < 1.29 is 0 Å². The molecular weight excluding hydrogens is 382 g/mol. The molecule has 2 aromatic carbocycles. The number of hydrogen-bond acceptors (Lipinski definition) is 5. The molecule has 0 saturated heterocycles. The van der Waals surface area contributed by atoms with E-state index in [-0.39, 0.29) is 0 Å². The Kier molecular flexibility index (Phi) is 4.99. The maximum Gasteiger partial charge on any atom is 0.163 e. The number of pyridine rings is 2. The molecule has 5 aromatic rings. The van der Waals surface area contributed by atoms with E-state index in [4.69, 9.17) is 4.98 Å². The molecule has 5 nitrogen and oxygen atoms in total. The number of aromatic nitrogens is 5. The van der Waals surface area contributed by atoms with Crippen molar-refractivity contribution in [2.24, 2.45) is 0 Å². The summed E-state index contributed by atoms with van der Waals surface area (Å²) in [6, 6.07) is 24.5. The fourth-order valence-electron chi connectivity index (χ4n) is 3.45. The second-order valence-corrected chi connectivity index (χ2v) is 7.16. The van der Waals surface area contributed by atoms with Crippen LogP contribution in [0.1, 0.15) is 5.82 Å². The topological polar surface area (TPSA) is 64.5 Å². The van der Waals surface area contributed by atoms with Crippen LogP contribution in [-0.4, -0.2) is 24.9 Å². The van der Waals surface area contributed by atoms with Gasteiger partial charge in [-0.05, 0) is 53.4 Å². The number of hydrogen-bond donors (Lipinski definition) is 0. The minimum Gasteiger partial charge on any atom is -0.265 e. The van der Waals surface area contributed by atoms with Gasteiger partial charge in [0, 0.05) is 35.9 Å². The van der Waals surface area contributed by atoms with E-state index in [1.165, 1.54) is 0 Å². The molecule has 3 heterocycles. The van der Waals surface area contributed by atoms with E-state index < -0.39 is 0 Å². The van der Waals surface area contributed by atoms with Gasteiger partial charge in [-0.15, -0.1) is 0 Å². The van der Waals surface area contributed by atoms with Gasteiger partial charge in [0.2, 0.25) is 0 Å². The Morgan fingerprint density at radius 3 is 1.10 bits per heavy atom. The maximum absolute atomic E-state index is 4.74. The van der Waals surface area contributed by atoms with Gasteiger partial charge in [0.1, 0.15) is 5.82 Å². The monoisotopic (exact) mass is 401 g/mol. The van der Waals surface area contributed by atoms with Gasteiger partial charge in [0.15, 0.2) is 11.6 Å². The molecule has 0 unspecified atom stereocenters. The molecule has 31 heavy (non-hydrogen) atoms. The van der Waals surface area contributed by atoms with Crippen molar-refractivity contribution in [2.45, 2.75) is 6.92 Å². The third-order valence-electron chi connectivity index (χ3n) is 5.06. The highest BCUT2D eigenvalue weighted by Gasteiger charge is 2.09. The van der Waals surface area contributed by atoms with E-state index in [2.05, 4.69) is 44.2 Å². The Hall–Kier alpha value is -4.25. The minimum atomic E-state index is 0.669. The van der Waals surface area contributed by atoms with E-state index in [9.17, 15) is 0 Å². The Morgan fingerprint density at radius 2 is 0.710 bits per heavy atom. The summed E-state index contributed by atoms with van der Waals surface area (Å²) in [6.45, 7) is 1.89. The van der Waals surface area contributed by atoms with E-state index in [1.54, 1.807) is 24.8 Å². The van der Waals surface area contributed by atoms with Gasteiger partial charge in [0.05, 0.1) is 0 Å². The first-order valence-corrected chi connectivity index (χ1v) is 10.0. The average molecular weight is 401 g/mol. The standard InChI is InChI=1S/C26H19N5/c1-18-29-25(23-6-2-19(3-7-23)21-10-14-27-15-11-21)31-26(30-18)24-8-4-20(5-9-24)22-12-16-28-17-13-22/h2-17H,1H3. The summed E-state index contributed by atoms with van der Waals surface area (Å²) < 4.78 is 0. The molecule has 0 amide bonds. The highest BCUT2D eigenvalue weighted by Crippen LogP contribution is 2.26. The summed E-state index contributed by atoms with van der Waals surface area (Å²) in [4.78, 5) is 22.0. The van der Waals surface area contributed by atoms with Gasteiger partial charge in [-0.25, -0.2) is 15.0 Å². The summed E-state index contributed by atoms with van der Waals surface area (Å²) >= 11 is 0. The fraction of sp³-hybridized carbons (Fsp3) is 0.0385. The van der Waals surface area contributed by atoms with Crippen molar-refractivity contribution in [2.75, 3.05) is 0 Å². The van der Waals surface area contributed by atoms with Gasteiger partial charge in [0.25, 0.3) is 0 Å². The molecule has 0 radical (unpaired) electrons. The molecule has 148 valence electrons. The first-order chi connectivity index (χ1) is 15.3. The number of rotatable bonds is 4. The first-order valence-electron chi connectivity index (χ1n) is 10.0. The van der Waals surface area contributed by atoms with Crippen molar-refractivity contribution in [3.63, 3.8) is 0 Å². The van der Waals surface area contributed by atoms with E-state index in [0.29, 0.717) is 17.5 Å². The summed E-state index contributed by atoms with van der Waals surface area (Å²) in [5.41, 5.74) is 6.43. The zero-order valence-corrected chi connectivity index (χ0v) is 17.0. The summed E-state index contributed by atoms with van der Waals surface area (Å²) in [7, 11) is 0. The molecule has 0 saturated carbocycles. The predicted octanol–water partition coefficient (Wildman–Crippen LogP) is 5.64. The molecule has 0 aliphatic heterocycles. The lowest BCUT2D eigenvalue weighted by molar-refractivity contribution is 0.992. The lowest BCUT2D eigenvalue weighted by Crippen LogP contribution is -1.99. The summed E-state index contributed by atoms with van der Waals surface area (Å²) in [5.74, 6) is 2.03. The highest BCUT2D eigenvalue weighted by atomic mass is 15.0. The molecule has 5 rings (SSSR count). The van der Waals surface area contributed by atoms with Crippen LogP contribution >= 0.6 is 0 Å². The van der Waals surface area contributed by atoms with Crippen LogP contribution in [0.4, 0.5) is 0 Å². The normalized spacial score (nSPS) is 10.7. The first kappa shape index (κ1) is 18.8. The van der Waals surface area contributed by atoms with E-state index in [0.717, 1.165) is 33.4 Å². The highest BCUT2D eigenvalue weighted by molar-refractivity contribution is 5.70. The van der Waals surface area contributed by atoms with Crippen molar-refractivity contribution in [1.82, 2.24) is 24.9 Å². The van der Waals surface area contributed by atoms with Crippen molar-refractivity contribution in [3.8, 4) is 45.0 Å². The molecule has 5 heteroatoms. The molecule has 0 spiro atoms. The lowest BCUT2D eigenvalue weighted by Gasteiger charge is -2.08. The van der Waals surface area contributed by atoms with Gasteiger partial charge in [-0.1, -0.05) is 48.5 Å². The van der Waals surface area contributed by atoms with Crippen LogP contribution in [0, 0.1) is 6.92 Å². The number of aryl methyl sites for hydroxylation is 1. The summed E-state index contributed by atoms with van der Waals surface area (Å²) in [6.07, 6.45) is 7.19. The Bertz CT molecular complexity index is 1200. The Balaban J connectivity index is 1.45. The van der Waals surface area contributed by atoms with Crippen LogP contribution in [-0.2, 0) is 0 Å². The van der Waals surface area contributed by atoms with Crippen LogP contribution in [0.2, 0.25) is 0 Å². The van der Waals surface area contributed by atoms with E-state index >= 15 is 0 Å². The summed E-state index contributed by atoms with van der Waals surface area (Å²) in [5, 5.41) is 0. The van der Waals surface area contributed by atoms with Crippen LogP contribution < -0.4 is 0 Å². The maximum atomic E-state index is 4.74. The Morgan fingerprint density at radius 1 is 0.387 bits per heavy atom. The SMILES string of the molecule is Cc1nc(-c2ccc(-c3ccncc3)cc2)nc(-c2ccc(-c3ccncc3)cc2)n1. The largest absolute Gasteiger partial charge is 0.265 e. The third-order valence-corrected chi connectivity index (χ3v) is 5.06. The van der Waals surface area contributed by atoms with Crippen LogP contribution in [0.5, 0.6) is 0 Å². The molecule has 0 aliphatic carbocycles. The Labute approximate surface area is 180 Å². The molecule has 3 aromatic heterocycles. The number of nitrogens with zero attached hydrogens (tertiary/aromatic N) is 5. The van der Waals surface area contributed by atoms with Gasteiger partial charge >= 0.3 is 0 Å². The zero-order valence-electron chi connectivity index (χ0n) is 17.0. The van der Waals surface area contributed by atoms with Crippen LogP contribution in [0.3, 0.4) is 0 Å². The van der Waals surface area contributed by atoms with Crippen LogP contribution in [0.25, 0.3) is 45.0 Å². The molecular formula is C26H19N5. The molecule has 0 atom stereocenters. The van der Waals surface area contributed by atoms with E-state index in [1.807, 2.05) is 55.5 Å². The minimum absolute atomic E-state index is 0.669. The lowest BCUT2D eigenvalue weighted by atomic mass is 10.0. The quantitative estimate of drug-likeness (QED) is 0.390. The van der Waals surface area contributed by atoms with Gasteiger partial charge in [-0.3, -0.25) is 9.97 Å². The average Bonchev–Trinajstić information content (AvgIpc) is 2.85. The predicted molar refractivity (Wildman–Crippen MR) is 122 cm³/mol. The molecule has 0 aliphatic rings. The van der Waals surface area contributed by atoms with Crippen molar-refractivity contribution >= 4 is 0 Å². The second kappa shape index (κ2) is 8.24. The van der Waals surface area contributed by atoms with Gasteiger partial charge < -0.3 is 0 Å². The van der Waals surface area contributed by atoms with Crippen LogP contribution in [0.15, 0.2) is 97.6 Å². The van der Waals surface area contributed by atoms with Crippen molar-refractivity contribution in [1.29, 1.82) is 0 Å². The molecule has 0 N–H and O–H groups in total. The van der Waals surface area contributed by atoms with Crippen molar-refractivity contribution in [3.05, 3.63) is 103 Å². The number of benzene rings is 2. The zero-order chi connectivity index (χ0) is 21.0. The third kappa shape index (κ3) is 4.07. The second-order valence-electron chi connectivity index (χ2n) is 7.16. The molecule has 0 bridgehead atoms. The fourth-order valence-corrected chi connectivity index (χ4v) is 3.45. The molecule has 0 fully saturated rings.